The van der Waals surface area contributed by atoms with Crippen molar-refractivity contribution in [3.8, 4) is 5.75 Å². The molecule has 0 bridgehead atoms. The first-order valence-electron chi connectivity index (χ1n) is 4.80. The zero-order chi connectivity index (χ0) is 11.4. The van der Waals surface area contributed by atoms with Crippen LogP contribution in [-0.4, -0.2) is 12.0 Å². The van der Waals surface area contributed by atoms with Crippen LogP contribution in [0, 0.1) is 6.92 Å². The summed E-state index contributed by atoms with van der Waals surface area (Å²) in [5.74, 6) is 0.132. The third kappa shape index (κ3) is 2.95. The second-order valence-electron chi connectivity index (χ2n) is 3.48. The van der Waals surface area contributed by atoms with Crippen LogP contribution in [0.1, 0.15) is 18.1 Å². The molecular formula is C11H16N2O2. The minimum atomic E-state index is -0.641. The lowest BCUT2D eigenvalue weighted by atomic mass is 10.1. The van der Waals surface area contributed by atoms with E-state index in [2.05, 4.69) is 0 Å². The van der Waals surface area contributed by atoms with E-state index in [4.69, 9.17) is 16.2 Å². The molecular weight excluding hydrogens is 192 g/mol. The molecule has 1 amide bonds. The molecule has 0 aliphatic heterocycles. The van der Waals surface area contributed by atoms with Gasteiger partial charge in [-0.25, -0.2) is 0 Å². The average Bonchev–Trinajstić information content (AvgIpc) is 2.20. The number of carbonyl (C=O) groups excluding carboxylic acids is 1. The van der Waals surface area contributed by atoms with Crippen LogP contribution in [0.2, 0.25) is 0 Å². The van der Waals surface area contributed by atoms with E-state index in [0.717, 1.165) is 11.1 Å². The molecule has 0 saturated carbocycles. The Balaban J connectivity index is 2.89. The number of carbonyl (C=O) groups is 1. The first-order valence-corrected chi connectivity index (χ1v) is 4.80. The van der Waals surface area contributed by atoms with Gasteiger partial charge in [0.15, 0.2) is 6.10 Å². The lowest BCUT2D eigenvalue weighted by Gasteiger charge is -2.14. The molecule has 1 unspecified atom stereocenters. The highest BCUT2D eigenvalue weighted by atomic mass is 16.5. The standard InChI is InChI=1S/C11H16N2O2/c1-7-3-4-10(9(5-7)6-12)15-8(2)11(13)14/h3-5,8H,6,12H2,1-2H3,(H2,13,14). The number of ether oxygens (including phenoxy) is 1. The van der Waals surface area contributed by atoms with Gasteiger partial charge in [0.2, 0.25) is 0 Å². The van der Waals surface area contributed by atoms with Gasteiger partial charge in [0, 0.05) is 12.1 Å². The van der Waals surface area contributed by atoms with Crippen LogP contribution in [0.4, 0.5) is 0 Å². The summed E-state index contributed by atoms with van der Waals surface area (Å²) in [5.41, 5.74) is 12.7. The van der Waals surface area contributed by atoms with Crippen molar-refractivity contribution in [3.63, 3.8) is 0 Å². The number of aryl methyl sites for hydroxylation is 1. The van der Waals surface area contributed by atoms with Gasteiger partial charge in [-0.2, -0.15) is 0 Å². The zero-order valence-corrected chi connectivity index (χ0v) is 8.99. The number of primary amides is 1. The van der Waals surface area contributed by atoms with Gasteiger partial charge in [-0.1, -0.05) is 17.7 Å². The van der Waals surface area contributed by atoms with Gasteiger partial charge in [-0.05, 0) is 19.9 Å². The summed E-state index contributed by atoms with van der Waals surface area (Å²) >= 11 is 0. The molecule has 82 valence electrons. The summed E-state index contributed by atoms with van der Waals surface area (Å²) < 4.78 is 5.40. The molecule has 4 N–H and O–H groups in total. The van der Waals surface area contributed by atoms with E-state index in [0.29, 0.717) is 12.3 Å². The topological polar surface area (TPSA) is 78.3 Å². The van der Waals surface area contributed by atoms with E-state index in [1.807, 2.05) is 19.1 Å². The summed E-state index contributed by atoms with van der Waals surface area (Å²) in [4.78, 5) is 10.8. The Morgan fingerprint density at radius 3 is 2.73 bits per heavy atom. The van der Waals surface area contributed by atoms with E-state index in [-0.39, 0.29) is 0 Å². The molecule has 1 atom stereocenters. The Morgan fingerprint density at radius 1 is 1.53 bits per heavy atom. The Morgan fingerprint density at radius 2 is 2.20 bits per heavy atom. The average molecular weight is 208 g/mol. The van der Waals surface area contributed by atoms with E-state index >= 15 is 0 Å². The number of nitrogens with two attached hydrogens (primary N) is 2. The molecule has 1 rings (SSSR count). The minimum absolute atomic E-state index is 0.377. The van der Waals surface area contributed by atoms with Crippen molar-refractivity contribution >= 4 is 5.91 Å². The highest BCUT2D eigenvalue weighted by Gasteiger charge is 2.12. The molecule has 4 heteroatoms. The maximum Gasteiger partial charge on any atom is 0.258 e. The fourth-order valence-corrected chi connectivity index (χ4v) is 1.23. The fraction of sp³-hybridized carbons (Fsp3) is 0.364. The lowest BCUT2D eigenvalue weighted by molar-refractivity contribution is -0.124. The van der Waals surface area contributed by atoms with Crippen molar-refractivity contribution in [1.82, 2.24) is 0 Å². The largest absolute Gasteiger partial charge is 0.481 e. The maximum atomic E-state index is 10.8. The van der Waals surface area contributed by atoms with E-state index in [9.17, 15) is 4.79 Å². The van der Waals surface area contributed by atoms with Crippen LogP contribution < -0.4 is 16.2 Å². The van der Waals surface area contributed by atoms with Crippen molar-refractivity contribution in [2.24, 2.45) is 11.5 Å². The monoisotopic (exact) mass is 208 g/mol. The van der Waals surface area contributed by atoms with Gasteiger partial charge in [0.05, 0.1) is 0 Å². The van der Waals surface area contributed by atoms with E-state index in [1.165, 1.54) is 0 Å². The summed E-state index contributed by atoms with van der Waals surface area (Å²) in [5, 5.41) is 0. The highest BCUT2D eigenvalue weighted by Crippen LogP contribution is 2.20. The number of hydrogen-bond donors (Lipinski definition) is 2. The van der Waals surface area contributed by atoms with E-state index < -0.39 is 12.0 Å². The molecule has 0 aliphatic carbocycles. The van der Waals surface area contributed by atoms with E-state index in [1.54, 1.807) is 13.0 Å². The third-order valence-electron chi connectivity index (χ3n) is 2.14. The quantitative estimate of drug-likeness (QED) is 0.764. The molecule has 0 aliphatic rings. The molecule has 0 aromatic heterocycles. The van der Waals surface area contributed by atoms with Crippen LogP contribution in [0.3, 0.4) is 0 Å². The summed E-state index contributed by atoms with van der Waals surface area (Å²) in [7, 11) is 0. The third-order valence-corrected chi connectivity index (χ3v) is 2.14. The van der Waals surface area contributed by atoms with Crippen LogP contribution in [0.5, 0.6) is 5.75 Å². The SMILES string of the molecule is Cc1ccc(OC(C)C(N)=O)c(CN)c1. The molecule has 15 heavy (non-hydrogen) atoms. The Labute approximate surface area is 89.2 Å². The van der Waals surface area contributed by atoms with Crippen molar-refractivity contribution < 1.29 is 9.53 Å². The summed E-state index contributed by atoms with van der Waals surface area (Å²) in [6.07, 6.45) is -0.641. The normalized spacial score (nSPS) is 12.2. The first-order chi connectivity index (χ1) is 7.04. The van der Waals surface area contributed by atoms with Crippen LogP contribution in [0.15, 0.2) is 18.2 Å². The zero-order valence-electron chi connectivity index (χ0n) is 8.99. The Hall–Kier alpha value is -1.55. The van der Waals surface area contributed by atoms with Crippen molar-refractivity contribution in [2.75, 3.05) is 0 Å². The van der Waals surface area contributed by atoms with Crippen LogP contribution in [0.25, 0.3) is 0 Å². The molecule has 0 heterocycles. The fourth-order valence-electron chi connectivity index (χ4n) is 1.23. The number of hydrogen-bond acceptors (Lipinski definition) is 3. The second kappa shape index (κ2) is 4.79. The van der Waals surface area contributed by atoms with Crippen LogP contribution >= 0.6 is 0 Å². The van der Waals surface area contributed by atoms with Crippen LogP contribution in [-0.2, 0) is 11.3 Å². The van der Waals surface area contributed by atoms with Gasteiger partial charge in [-0.15, -0.1) is 0 Å². The molecule has 4 nitrogen and oxygen atoms in total. The van der Waals surface area contributed by atoms with Crippen molar-refractivity contribution in [2.45, 2.75) is 26.5 Å². The van der Waals surface area contributed by atoms with Gasteiger partial charge < -0.3 is 16.2 Å². The minimum Gasteiger partial charge on any atom is -0.481 e. The lowest BCUT2D eigenvalue weighted by Crippen LogP contribution is -2.31. The summed E-state index contributed by atoms with van der Waals surface area (Å²) in [6.45, 7) is 3.96. The number of benzene rings is 1. The molecule has 1 aromatic carbocycles. The van der Waals surface area contributed by atoms with Gasteiger partial charge in [-0.3, -0.25) is 4.79 Å². The molecule has 0 fully saturated rings. The van der Waals surface area contributed by atoms with Crippen molar-refractivity contribution in [3.05, 3.63) is 29.3 Å². The van der Waals surface area contributed by atoms with Gasteiger partial charge in [0.1, 0.15) is 5.75 Å². The Kier molecular flexibility index (Phi) is 3.68. The smallest absolute Gasteiger partial charge is 0.258 e. The van der Waals surface area contributed by atoms with Gasteiger partial charge in [0.25, 0.3) is 5.91 Å². The highest BCUT2D eigenvalue weighted by molar-refractivity contribution is 5.78. The first kappa shape index (κ1) is 11.5. The Bertz CT molecular complexity index is 364. The predicted molar refractivity (Wildman–Crippen MR) is 58.4 cm³/mol. The summed E-state index contributed by atoms with van der Waals surface area (Å²) in [6, 6.07) is 5.64. The number of rotatable bonds is 4. The molecule has 1 aromatic rings. The molecule has 0 radical (unpaired) electrons. The molecule has 0 spiro atoms. The number of amides is 1. The maximum absolute atomic E-state index is 10.8. The predicted octanol–water partition coefficient (Wildman–Crippen LogP) is 0.706. The van der Waals surface area contributed by atoms with Gasteiger partial charge >= 0.3 is 0 Å². The second-order valence-corrected chi connectivity index (χ2v) is 3.48. The van der Waals surface area contributed by atoms with Crippen molar-refractivity contribution in [1.29, 1.82) is 0 Å². The molecule has 0 saturated heterocycles.